The number of nitrogens with one attached hydrogen (secondary N) is 1. The molecule has 104 valence electrons. The molecule has 1 N–H and O–H groups in total. The fourth-order valence-electron chi connectivity index (χ4n) is 2.51. The number of hydrogen-bond acceptors (Lipinski definition) is 4. The van der Waals surface area contributed by atoms with E-state index in [0.29, 0.717) is 5.39 Å². The van der Waals surface area contributed by atoms with Gasteiger partial charge in [0.1, 0.15) is 0 Å². The van der Waals surface area contributed by atoms with E-state index in [4.69, 9.17) is 0 Å². The topological polar surface area (TPSA) is 68.1 Å². The number of fused-ring (bicyclic) bond motifs is 1. The molecule has 0 atom stereocenters. The molecule has 0 saturated heterocycles. The van der Waals surface area contributed by atoms with Crippen molar-refractivity contribution in [3.05, 3.63) is 40.7 Å². The number of hydrogen-bond donors (Lipinski definition) is 1. The van der Waals surface area contributed by atoms with E-state index in [1.165, 1.54) is 19.3 Å². The van der Waals surface area contributed by atoms with E-state index in [-0.39, 0.29) is 10.6 Å². The third kappa shape index (κ3) is 2.71. The Morgan fingerprint density at radius 2 is 2.15 bits per heavy atom. The van der Waals surface area contributed by atoms with Gasteiger partial charge in [0.2, 0.25) is 0 Å². The van der Waals surface area contributed by atoms with Crippen LogP contribution in [0.2, 0.25) is 0 Å². The summed E-state index contributed by atoms with van der Waals surface area (Å²) >= 11 is 0. The van der Waals surface area contributed by atoms with Crippen LogP contribution in [0.3, 0.4) is 0 Å². The molecular weight excluding hydrogens is 254 g/mol. The van der Waals surface area contributed by atoms with Crippen molar-refractivity contribution >= 4 is 22.1 Å². The van der Waals surface area contributed by atoms with Crippen molar-refractivity contribution in [2.45, 2.75) is 25.7 Å². The second-order valence-electron chi connectivity index (χ2n) is 5.32. The molecule has 1 fully saturated rings. The van der Waals surface area contributed by atoms with E-state index in [0.717, 1.165) is 30.0 Å². The number of nitrogens with zero attached hydrogens (tertiary/aromatic N) is 2. The van der Waals surface area contributed by atoms with E-state index >= 15 is 0 Å². The number of pyridine rings is 1. The van der Waals surface area contributed by atoms with Crippen LogP contribution in [0.15, 0.2) is 30.6 Å². The van der Waals surface area contributed by atoms with Crippen LogP contribution >= 0.6 is 0 Å². The van der Waals surface area contributed by atoms with Gasteiger partial charge in [0, 0.05) is 36.1 Å². The Morgan fingerprint density at radius 1 is 1.30 bits per heavy atom. The van der Waals surface area contributed by atoms with E-state index in [2.05, 4.69) is 10.3 Å². The second-order valence-corrected chi connectivity index (χ2v) is 5.32. The molecular formula is C15H17N3O2. The van der Waals surface area contributed by atoms with E-state index in [1.54, 1.807) is 30.6 Å². The van der Waals surface area contributed by atoms with Gasteiger partial charge in [0.25, 0.3) is 5.69 Å². The lowest BCUT2D eigenvalue weighted by molar-refractivity contribution is -0.383. The predicted octanol–water partition coefficient (Wildman–Crippen LogP) is 3.75. The first-order valence-corrected chi connectivity index (χ1v) is 7.00. The number of benzene rings is 1. The van der Waals surface area contributed by atoms with Crippen LogP contribution < -0.4 is 5.32 Å². The van der Waals surface area contributed by atoms with Crippen LogP contribution in [-0.4, -0.2) is 16.5 Å². The van der Waals surface area contributed by atoms with Crippen molar-refractivity contribution < 1.29 is 4.92 Å². The van der Waals surface area contributed by atoms with E-state index < -0.39 is 0 Å². The molecule has 0 spiro atoms. The lowest BCUT2D eigenvalue weighted by atomic mass is 10.1. The minimum atomic E-state index is -0.348. The molecule has 20 heavy (non-hydrogen) atoms. The highest BCUT2D eigenvalue weighted by Gasteiger charge is 2.20. The van der Waals surface area contributed by atoms with Gasteiger partial charge in [-0.2, -0.15) is 0 Å². The van der Waals surface area contributed by atoms with Gasteiger partial charge in [-0.05, 0) is 30.9 Å². The SMILES string of the molecule is O=[N+]([O-])c1ccc(NCCCC2CC2)c2cnccc12. The minimum absolute atomic E-state index is 0.130. The number of anilines is 1. The third-order valence-electron chi connectivity index (χ3n) is 3.79. The first-order valence-electron chi connectivity index (χ1n) is 7.00. The molecule has 1 aromatic carbocycles. The van der Waals surface area contributed by atoms with Gasteiger partial charge >= 0.3 is 0 Å². The molecule has 1 aromatic heterocycles. The average molecular weight is 271 g/mol. The van der Waals surface area contributed by atoms with Gasteiger partial charge in [-0.15, -0.1) is 0 Å². The molecule has 5 heteroatoms. The summed E-state index contributed by atoms with van der Waals surface area (Å²) in [5, 5.41) is 15.9. The van der Waals surface area contributed by atoms with Crippen molar-refractivity contribution in [3.63, 3.8) is 0 Å². The molecule has 5 nitrogen and oxygen atoms in total. The summed E-state index contributed by atoms with van der Waals surface area (Å²) in [6, 6.07) is 5.04. The Labute approximate surface area is 117 Å². The van der Waals surface area contributed by atoms with Gasteiger partial charge in [-0.1, -0.05) is 12.8 Å². The Balaban J connectivity index is 1.79. The first-order chi connectivity index (χ1) is 9.75. The van der Waals surface area contributed by atoms with Crippen LogP contribution in [0.25, 0.3) is 10.8 Å². The van der Waals surface area contributed by atoms with Crippen LogP contribution in [0, 0.1) is 16.0 Å². The summed E-state index contributed by atoms with van der Waals surface area (Å²) in [6.45, 7) is 0.901. The lowest BCUT2D eigenvalue weighted by Gasteiger charge is -2.09. The molecule has 0 aliphatic heterocycles. The maximum atomic E-state index is 11.0. The summed E-state index contributed by atoms with van der Waals surface area (Å²) in [7, 11) is 0. The highest BCUT2D eigenvalue weighted by molar-refractivity contribution is 5.99. The van der Waals surface area contributed by atoms with Crippen molar-refractivity contribution in [1.82, 2.24) is 4.98 Å². The standard InChI is InChI=1S/C15H17N3O2/c19-18(20)15-6-5-14(13-10-16-9-7-12(13)15)17-8-1-2-11-3-4-11/h5-7,9-11,17H,1-4,8H2. The second kappa shape index (κ2) is 5.45. The fourth-order valence-corrected chi connectivity index (χ4v) is 2.51. The Morgan fingerprint density at radius 3 is 2.90 bits per heavy atom. The van der Waals surface area contributed by atoms with Crippen LogP contribution in [0.4, 0.5) is 11.4 Å². The zero-order valence-electron chi connectivity index (χ0n) is 11.2. The monoisotopic (exact) mass is 271 g/mol. The van der Waals surface area contributed by atoms with Crippen LogP contribution in [0.5, 0.6) is 0 Å². The Kier molecular flexibility index (Phi) is 3.50. The number of rotatable bonds is 6. The number of aromatic nitrogens is 1. The van der Waals surface area contributed by atoms with Crippen molar-refractivity contribution in [2.24, 2.45) is 5.92 Å². The van der Waals surface area contributed by atoms with Crippen LogP contribution in [-0.2, 0) is 0 Å². The highest BCUT2D eigenvalue weighted by atomic mass is 16.6. The molecule has 1 aliphatic carbocycles. The molecule has 2 aromatic rings. The molecule has 1 heterocycles. The Hall–Kier alpha value is -2.17. The average Bonchev–Trinajstić information content (AvgIpc) is 3.27. The van der Waals surface area contributed by atoms with Gasteiger partial charge < -0.3 is 5.32 Å². The molecule has 0 amide bonds. The molecule has 1 aliphatic rings. The summed E-state index contributed by atoms with van der Waals surface area (Å²) in [6.07, 6.45) is 8.45. The van der Waals surface area contributed by atoms with Crippen molar-refractivity contribution in [1.29, 1.82) is 0 Å². The minimum Gasteiger partial charge on any atom is -0.384 e. The van der Waals surface area contributed by atoms with Crippen molar-refractivity contribution in [3.8, 4) is 0 Å². The summed E-state index contributed by atoms with van der Waals surface area (Å²) in [5.74, 6) is 0.937. The van der Waals surface area contributed by atoms with Gasteiger partial charge in [0.15, 0.2) is 0 Å². The van der Waals surface area contributed by atoms with Crippen LogP contribution in [0.1, 0.15) is 25.7 Å². The third-order valence-corrected chi connectivity index (χ3v) is 3.79. The maximum absolute atomic E-state index is 11.0. The molecule has 3 rings (SSSR count). The summed E-state index contributed by atoms with van der Waals surface area (Å²) in [4.78, 5) is 14.8. The fraction of sp³-hybridized carbons (Fsp3) is 0.400. The maximum Gasteiger partial charge on any atom is 0.277 e. The molecule has 0 radical (unpaired) electrons. The number of nitro benzene ring substituents is 1. The normalized spacial score (nSPS) is 14.4. The van der Waals surface area contributed by atoms with E-state index in [9.17, 15) is 10.1 Å². The van der Waals surface area contributed by atoms with Gasteiger partial charge in [0.05, 0.1) is 10.3 Å². The zero-order valence-corrected chi connectivity index (χ0v) is 11.2. The van der Waals surface area contributed by atoms with E-state index in [1.807, 2.05) is 0 Å². The van der Waals surface area contributed by atoms with Gasteiger partial charge in [-0.25, -0.2) is 0 Å². The molecule has 0 bridgehead atoms. The first kappa shape index (κ1) is 12.8. The highest BCUT2D eigenvalue weighted by Crippen LogP contribution is 2.34. The van der Waals surface area contributed by atoms with Crippen molar-refractivity contribution in [2.75, 3.05) is 11.9 Å². The summed E-state index contributed by atoms with van der Waals surface area (Å²) in [5.41, 5.74) is 1.06. The number of nitro groups is 1. The largest absolute Gasteiger partial charge is 0.384 e. The zero-order chi connectivity index (χ0) is 13.9. The predicted molar refractivity (Wildman–Crippen MR) is 78.8 cm³/mol. The molecule has 1 saturated carbocycles. The number of non-ortho nitro benzene ring substituents is 1. The smallest absolute Gasteiger partial charge is 0.277 e. The lowest BCUT2D eigenvalue weighted by Crippen LogP contribution is -2.03. The summed E-state index contributed by atoms with van der Waals surface area (Å²) < 4.78 is 0. The quantitative estimate of drug-likeness (QED) is 0.493. The molecule has 0 unspecified atom stereocenters. The van der Waals surface area contributed by atoms with Gasteiger partial charge in [-0.3, -0.25) is 15.1 Å². The Bertz CT molecular complexity index is 638.